The molecule has 0 amide bonds. The molecule has 2 aromatic rings. The quantitative estimate of drug-likeness (QED) is 0.696. The first-order valence-electron chi connectivity index (χ1n) is 4.49. The number of nitrogens with zero attached hydrogens (tertiary/aromatic N) is 3. The summed E-state index contributed by atoms with van der Waals surface area (Å²) in [5, 5.41) is 9.97. The van der Waals surface area contributed by atoms with Crippen molar-refractivity contribution in [3.63, 3.8) is 0 Å². The highest BCUT2D eigenvalue weighted by molar-refractivity contribution is 5.78. The van der Waals surface area contributed by atoms with Gasteiger partial charge in [-0.25, -0.2) is 4.98 Å². The Labute approximate surface area is 86.2 Å². The molecule has 5 heteroatoms. The van der Waals surface area contributed by atoms with Crippen LogP contribution in [0.15, 0.2) is 29.1 Å². The molecule has 78 valence electrons. The van der Waals surface area contributed by atoms with E-state index in [1.54, 1.807) is 43.3 Å². The molecule has 5 nitrogen and oxygen atoms in total. The minimum Gasteiger partial charge on any atom is -0.422 e. The largest absolute Gasteiger partial charge is 0.422 e. The fourth-order valence-corrected chi connectivity index (χ4v) is 1.40. The van der Waals surface area contributed by atoms with E-state index in [1.165, 1.54) is 0 Å². The summed E-state index contributed by atoms with van der Waals surface area (Å²) in [7, 11) is 3.42. The Hall–Kier alpha value is -2.04. The van der Waals surface area contributed by atoms with Crippen LogP contribution in [0.1, 0.15) is 0 Å². The molecule has 2 rings (SSSR count). The van der Waals surface area contributed by atoms with Crippen molar-refractivity contribution in [1.29, 1.82) is 0 Å². The molecule has 1 N–H and O–H groups in total. The highest BCUT2D eigenvalue weighted by atomic mass is 16.5. The normalized spacial score (nSPS) is 10.5. The van der Waals surface area contributed by atoms with Crippen LogP contribution in [0, 0.1) is 0 Å². The fraction of sp³-hybridized carbons (Fsp3) is 0.200. The van der Waals surface area contributed by atoms with Crippen molar-refractivity contribution in [3.8, 4) is 0 Å². The molecule has 0 unspecified atom stereocenters. The average molecular weight is 205 g/mol. The predicted octanol–water partition coefficient (Wildman–Crippen LogP) is 0.700. The van der Waals surface area contributed by atoms with E-state index in [9.17, 15) is 10.0 Å². The van der Waals surface area contributed by atoms with Gasteiger partial charge in [-0.05, 0) is 12.1 Å². The first-order valence-corrected chi connectivity index (χ1v) is 4.49. The van der Waals surface area contributed by atoms with Gasteiger partial charge >= 0.3 is 0 Å². The zero-order chi connectivity index (χ0) is 11.0. The van der Waals surface area contributed by atoms with Crippen molar-refractivity contribution in [3.05, 3.63) is 34.6 Å². The second-order valence-corrected chi connectivity index (χ2v) is 3.44. The van der Waals surface area contributed by atoms with Crippen LogP contribution >= 0.6 is 0 Å². The Morgan fingerprint density at radius 1 is 1.33 bits per heavy atom. The van der Waals surface area contributed by atoms with Gasteiger partial charge in [0.05, 0.1) is 10.9 Å². The summed E-state index contributed by atoms with van der Waals surface area (Å²) in [6.45, 7) is 0. The van der Waals surface area contributed by atoms with Crippen LogP contribution in [-0.4, -0.2) is 29.0 Å². The minimum atomic E-state index is -0.454. The Balaban J connectivity index is 2.89. The fourth-order valence-electron chi connectivity index (χ4n) is 1.40. The maximum atomic E-state index is 11.7. The molecule has 0 saturated carbocycles. The summed E-state index contributed by atoms with van der Waals surface area (Å²) in [6.07, 6.45) is 0. The predicted molar refractivity (Wildman–Crippen MR) is 57.5 cm³/mol. The molecule has 1 aromatic carbocycles. The van der Waals surface area contributed by atoms with E-state index in [0.29, 0.717) is 15.6 Å². The summed E-state index contributed by atoms with van der Waals surface area (Å²) in [5.41, 5.74) is 0.126. The standard InChI is InChI=1S/C10H11N3O2/c1-12(2)10-11-8-6-4-3-5-7(8)9(14)13(10)15/h3-6,15H,1-2H3. The first kappa shape index (κ1) is 9.51. The average Bonchev–Trinajstić information content (AvgIpc) is 2.23. The lowest BCUT2D eigenvalue weighted by Crippen LogP contribution is -2.26. The van der Waals surface area contributed by atoms with E-state index in [1.807, 2.05) is 0 Å². The molecule has 0 radical (unpaired) electrons. The Morgan fingerprint density at radius 2 is 2.00 bits per heavy atom. The van der Waals surface area contributed by atoms with Crippen molar-refractivity contribution in [2.24, 2.45) is 0 Å². The van der Waals surface area contributed by atoms with Crippen LogP contribution < -0.4 is 10.5 Å². The molecule has 1 heterocycles. The van der Waals surface area contributed by atoms with E-state index in [4.69, 9.17) is 0 Å². The number of benzene rings is 1. The summed E-state index contributed by atoms with van der Waals surface area (Å²) in [4.78, 5) is 17.5. The monoisotopic (exact) mass is 205 g/mol. The first-order chi connectivity index (χ1) is 7.11. The summed E-state index contributed by atoms with van der Waals surface area (Å²) >= 11 is 0. The highest BCUT2D eigenvalue weighted by Gasteiger charge is 2.10. The molecule has 0 fully saturated rings. The Morgan fingerprint density at radius 3 is 2.67 bits per heavy atom. The summed E-state index contributed by atoms with van der Waals surface area (Å²) in [5.74, 6) is 0.221. The SMILES string of the molecule is CN(C)c1nc2ccccc2c(=O)n1O. The zero-order valence-corrected chi connectivity index (χ0v) is 8.51. The van der Waals surface area contributed by atoms with E-state index in [-0.39, 0.29) is 5.95 Å². The third-order valence-corrected chi connectivity index (χ3v) is 2.14. The molecule has 1 aromatic heterocycles. The Kier molecular flexibility index (Phi) is 2.07. The van der Waals surface area contributed by atoms with Gasteiger partial charge in [0.25, 0.3) is 5.56 Å². The van der Waals surface area contributed by atoms with Gasteiger partial charge in [0.15, 0.2) is 0 Å². The number of hydrogen-bond donors (Lipinski definition) is 1. The molecule has 0 aliphatic rings. The lowest BCUT2D eigenvalue weighted by Gasteiger charge is -2.13. The molecular formula is C10H11N3O2. The van der Waals surface area contributed by atoms with Crippen molar-refractivity contribution < 1.29 is 5.21 Å². The maximum Gasteiger partial charge on any atom is 0.295 e. The number of fused-ring (bicyclic) bond motifs is 1. The molecule has 0 atom stereocenters. The van der Waals surface area contributed by atoms with Crippen molar-refractivity contribution in [2.75, 3.05) is 19.0 Å². The smallest absolute Gasteiger partial charge is 0.295 e. The van der Waals surface area contributed by atoms with Crippen LogP contribution in [-0.2, 0) is 0 Å². The lowest BCUT2D eigenvalue weighted by atomic mass is 10.2. The molecule has 0 aliphatic carbocycles. The van der Waals surface area contributed by atoms with Gasteiger partial charge in [-0.1, -0.05) is 12.1 Å². The number of aromatic nitrogens is 2. The van der Waals surface area contributed by atoms with Gasteiger partial charge in [-0.2, -0.15) is 0 Å². The van der Waals surface area contributed by atoms with Crippen LogP contribution in [0.4, 0.5) is 5.95 Å². The van der Waals surface area contributed by atoms with E-state index < -0.39 is 5.56 Å². The maximum absolute atomic E-state index is 11.7. The van der Waals surface area contributed by atoms with Gasteiger partial charge in [0.1, 0.15) is 0 Å². The number of para-hydroxylation sites is 1. The van der Waals surface area contributed by atoms with Gasteiger partial charge in [0.2, 0.25) is 5.95 Å². The van der Waals surface area contributed by atoms with E-state index in [0.717, 1.165) is 0 Å². The third-order valence-electron chi connectivity index (χ3n) is 2.14. The molecular weight excluding hydrogens is 194 g/mol. The summed E-state index contributed by atoms with van der Waals surface area (Å²) in [6, 6.07) is 6.91. The lowest BCUT2D eigenvalue weighted by molar-refractivity contribution is 0.177. The van der Waals surface area contributed by atoms with Crippen LogP contribution in [0.5, 0.6) is 0 Å². The highest BCUT2D eigenvalue weighted by Crippen LogP contribution is 2.10. The van der Waals surface area contributed by atoms with Gasteiger partial charge in [0, 0.05) is 14.1 Å². The second-order valence-electron chi connectivity index (χ2n) is 3.44. The van der Waals surface area contributed by atoms with Crippen LogP contribution in [0.3, 0.4) is 0 Å². The molecule has 0 aliphatic heterocycles. The summed E-state index contributed by atoms with van der Waals surface area (Å²) < 4.78 is 0.558. The van der Waals surface area contributed by atoms with Gasteiger partial charge in [-0.3, -0.25) is 4.79 Å². The topological polar surface area (TPSA) is 58.4 Å². The molecule has 0 spiro atoms. The number of hydrogen-bond acceptors (Lipinski definition) is 4. The molecule has 0 bridgehead atoms. The van der Waals surface area contributed by atoms with Crippen LogP contribution in [0.2, 0.25) is 0 Å². The minimum absolute atomic E-state index is 0.221. The second kappa shape index (κ2) is 3.27. The Bertz CT molecular complexity index is 560. The van der Waals surface area contributed by atoms with Gasteiger partial charge < -0.3 is 10.1 Å². The van der Waals surface area contributed by atoms with Gasteiger partial charge in [-0.15, -0.1) is 4.73 Å². The number of rotatable bonds is 1. The van der Waals surface area contributed by atoms with E-state index in [2.05, 4.69) is 4.98 Å². The molecule has 0 saturated heterocycles. The van der Waals surface area contributed by atoms with Crippen molar-refractivity contribution in [2.45, 2.75) is 0 Å². The van der Waals surface area contributed by atoms with Crippen LogP contribution in [0.25, 0.3) is 10.9 Å². The van der Waals surface area contributed by atoms with Crippen molar-refractivity contribution >= 4 is 16.9 Å². The molecule has 15 heavy (non-hydrogen) atoms. The third kappa shape index (κ3) is 1.41. The van der Waals surface area contributed by atoms with E-state index >= 15 is 0 Å². The zero-order valence-electron chi connectivity index (χ0n) is 8.51. The number of anilines is 1. The van der Waals surface area contributed by atoms with Crippen molar-refractivity contribution in [1.82, 2.24) is 9.71 Å².